The zero-order valence-corrected chi connectivity index (χ0v) is 10.0. The zero-order chi connectivity index (χ0) is 13.7. The molecule has 96 valence electrons. The summed E-state index contributed by atoms with van der Waals surface area (Å²) in [5.74, 6) is -1.47. The average Bonchev–Trinajstić information content (AvgIpc) is 2.27. The van der Waals surface area contributed by atoms with E-state index in [-0.39, 0.29) is 12.3 Å². The van der Waals surface area contributed by atoms with Crippen LogP contribution >= 0.6 is 0 Å². The van der Waals surface area contributed by atoms with E-state index in [0.717, 1.165) is 0 Å². The van der Waals surface area contributed by atoms with E-state index in [0.29, 0.717) is 11.1 Å². The molecule has 0 radical (unpaired) electrons. The number of nitrogens with zero attached hydrogens (tertiary/aromatic N) is 1. The Bertz CT molecular complexity index is 601. The number of carbonyl (C=O) groups is 1. The van der Waals surface area contributed by atoms with Crippen molar-refractivity contribution in [1.29, 1.82) is 5.41 Å². The number of nitrogens with one attached hydrogen (secondary N) is 1. The van der Waals surface area contributed by atoms with Crippen molar-refractivity contribution in [2.45, 2.75) is 12.5 Å². The average molecular weight is 269 g/mol. The van der Waals surface area contributed by atoms with Crippen LogP contribution in [-0.2, 0) is 21.7 Å². The van der Waals surface area contributed by atoms with Crippen molar-refractivity contribution in [3.05, 3.63) is 35.4 Å². The quantitative estimate of drug-likeness (QED) is 0.512. The Morgan fingerprint density at radius 1 is 1.50 bits per heavy atom. The lowest BCUT2D eigenvalue weighted by Crippen LogP contribution is -2.20. The zero-order valence-electron chi connectivity index (χ0n) is 9.20. The van der Waals surface area contributed by atoms with Gasteiger partial charge >= 0.3 is 16.5 Å². The summed E-state index contributed by atoms with van der Waals surface area (Å²) in [6.07, 6.45) is -0.0789. The number of carboxylic acid groups (broad SMARTS) is 1. The van der Waals surface area contributed by atoms with Crippen LogP contribution in [0.25, 0.3) is 0 Å². The van der Waals surface area contributed by atoms with Gasteiger partial charge in [-0.15, -0.1) is 0 Å². The van der Waals surface area contributed by atoms with Gasteiger partial charge in [0.05, 0.1) is 0 Å². The number of hydrogen-bond acceptors (Lipinski definition) is 5. The molecule has 4 N–H and O–H groups in total. The molecule has 0 heterocycles. The molecule has 0 fully saturated rings. The molecule has 0 aromatic heterocycles. The minimum absolute atomic E-state index is 0.0789. The van der Waals surface area contributed by atoms with Gasteiger partial charge in [-0.2, -0.15) is 12.8 Å². The van der Waals surface area contributed by atoms with E-state index in [4.69, 9.17) is 16.2 Å². The molecule has 1 atom stereocenters. The molecular weight excluding hydrogens is 258 g/mol. The Morgan fingerprint density at radius 2 is 2.17 bits per heavy atom. The molecule has 1 aromatic rings. The van der Waals surface area contributed by atoms with Gasteiger partial charge in [-0.3, -0.25) is 5.41 Å². The summed E-state index contributed by atoms with van der Waals surface area (Å²) in [7, 11) is -2.78. The van der Waals surface area contributed by atoms with Crippen molar-refractivity contribution < 1.29 is 18.3 Å². The fourth-order valence-corrected chi connectivity index (χ4v) is 1.74. The molecule has 0 saturated heterocycles. The summed E-state index contributed by atoms with van der Waals surface area (Å²) in [6, 6.07) is 4.99. The minimum Gasteiger partial charge on any atom is -0.480 e. The highest BCUT2D eigenvalue weighted by Gasteiger charge is 2.17. The van der Waals surface area contributed by atoms with Crippen LogP contribution in [0.15, 0.2) is 28.6 Å². The third kappa shape index (κ3) is 3.98. The largest absolute Gasteiger partial charge is 0.480 e. The monoisotopic (exact) mass is 269 g/mol. The van der Waals surface area contributed by atoms with Gasteiger partial charge in [0.1, 0.15) is 5.84 Å². The fraction of sp³-hybridized carbons (Fsp3) is 0.200. The second-order valence-electron chi connectivity index (χ2n) is 3.49. The Hall–Kier alpha value is -2.22. The third-order valence-corrected chi connectivity index (χ3v) is 2.59. The molecule has 7 nitrogen and oxygen atoms in total. The summed E-state index contributed by atoms with van der Waals surface area (Å²) in [5, 5.41) is 16.1. The van der Waals surface area contributed by atoms with Gasteiger partial charge in [0, 0.05) is 12.0 Å². The number of amidine groups is 1. The molecule has 18 heavy (non-hydrogen) atoms. The summed E-state index contributed by atoms with van der Waals surface area (Å²) in [4.78, 5) is 10.8. The van der Waals surface area contributed by atoms with Crippen molar-refractivity contribution >= 4 is 22.3 Å². The van der Waals surface area contributed by atoms with Crippen LogP contribution in [0, 0.1) is 5.41 Å². The summed E-state index contributed by atoms with van der Waals surface area (Å²) < 4.78 is 23.9. The standard InChI is InChI=1S/C10H11N3O4S/c11-9(12)7-3-1-2-6(4-7)5-8(10(14)15)13-18(16)17/h1-4,8H,5H2,(H3,11,12)(H,14,15)/t8-/m0/s1. The van der Waals surface area contributed by atoms with E-state index in [2.05, 4.69) is 4.36 Å². The van der Waals surface area contributed by atoms with E-state index < -0.39 is 22.5 Å². The van der Waals surface area contributed by atoms with Gasteiger partial charge in [-0.25, -0.2) is 4.79 Å². The highest BCUT2D eigenvalue weighted by atomic mass is 32.2. The molecule has 0 aliphatic carbocycles. The van der Waals surface area contributed by atoms with Gasteiger partial charge in [-0.1, -0.05) is 18.2 Å². The molecule has 0 aliphatic rings. The number of carboxylic acids is 1. The second kappa shape index (κ2) is 5.92. The maximum atomic E-state index is 10.8. The third-order valence-electron chi connectivity index (χ3n) is 2.17. The Balaban J connectivity index is 3.01. The van der Waals surface area contributed by atoms with Gasteiger partial charge in [0.2, 0.25) is 0 Å². The lowest BCUT2D eigenvalue weighted by molar-refractivity contribution is -0.138. The summed E-state index contributed by atoms with van der Waals surface area (Å²) >= 11 is 0. The van der Waals surface area contributed by atoms with Crippen LogP contribution in [-0.4, -0.2) is 31.4 Å². The van der Waals surface area contributed by atoms with Crippen molar-refractivity contribution in [2.24, 2.45) is 10.1 Å². The molecule has 0 aliphatic heterocycles. The van der Waals surface area contributed by atoms with Crippen LogP contribution in [0.5, 0.6) is 0 Å². The lowest BCUT2D eigenvalue weighted by Gasteiger charge is -2.06. The first-order chi connectivity index (χ1) is 8.40. The Labute approximate surface area is 104 Å². The molecule has 1 rings (SSSR count). The van der Waals surface area contributed by atoms with Crippen LogP contribution in [0.2, 0.25) is 0 Å². The minimum atomic E-state index is -2.78. The maximum Gasteiger partial charge on any atom is 0.330 e. The molecule has 0 spiro atoms. The fourth-order valence-electron chi connectivity index (χ4n) is 1.36. The van der Waals surface area contributed by atoms with Crippen LogP contribution in [0.1, 0.15) is 11.1 Å². The molecule has 0 amide bonds. The van der Waals surface area contributed by atoms with Crippen molar-refractivity contribution in [1.82, 2.24) is 0 Å². The number of aliphatic carboxylic acids is 1. The summed E-state index contributed by atoms with van der Waals surface area (Å²) in [5.41, 5.74) is 6.29. The van der Waals surface area contributed by atoms with E-state index in [1.807, 2.05) is 0 Å². The molecule has 0 saturated carbocycles. The molecular formula is C10H11N3O4S. The summed E-state index contributed by atoms with van der Waals surface area (Å²) in [6.45, 7) is 0. The normalized spacial score (nSPS) is 11.6. The predicted octanol–water partition coefficient (Wildman–Crippen LogP) is 0.0291. The highest BCUT2D eigenvalue weighted by Crippen LogP contribution is 2.09. The molecule has 8 heteroatoms. The van der Waals surface area contributed by atoms with Crippen LogP contribution in [0.3, 0.4) is 0 Å². The van der Waals surface area contributed by atoms with E-state index >= 15 is 0 Å². The van der Waals surface area contributed by atoms with Crippen molar-refractivity contribution in [2.75, 3.05) is 0 Å². The van der Waals surface area contributed by atoms with Crippen LogP contribution < -0.4 is 5.73 Å². The molecule has 0 unspecified atom stereocenters. The second-order valence-corrected chi connectivity index (χ2v) is 4.14. The maximum absolute atomic E-state index is 10.8. The lowest BCUT2D eigenvalue weighted by atomic mass is 10.0. The number of nitrogen functional groups attached to an aromatic ring is 1. The van der Waals surface area contributed by atoms with E-state index in [1.165, 1.54) is 6.07 Å². The van der Waals surface area contributed by atoms with Gasteiger partial charge in [0.25, 0.3) is 0 Å². The smallest absolute Gasteiger partial charge is 0.330 e. The molecule has 0 bridgehead atoms. The van der Waals surface area contributed by atoms with Gasteiger partial charge in [0.15, 0.2) is 6.04 Å². The number of rotatable bonds is 5. The first kappa shape index (κ1) is 13.8. The number of nitrogens with two attached hydrogens (primary N) is 1. The Morgan fingerprint density at radius 3 is 2.67 bits per heavy atom. The van der Waals surface area contributed by atoms with E-state index in [1.54, 1.807) is 18.2 Å². The van der Waals surface area contributed by atoms with Crippen molar-refractivity contribution in [3.63, 3.8) is 0 Å². The number of hydrogen-bond donors (Lipinski definition) is 3. The highest BCUT2D eigenvalue weighted by molar-refractivity contribution is 7.61. The SMILES string of the molecule is N=C(N)c1cccc(C[C@H](N=S(=O)=O)C(=O)O)c1. The predicted molar refractivity (Wildman–Crippen MR) is 63.9 cm³/mol. The van der Waals surface area contributed by atoms with Gasteiger partial charge in [-0.05, 0) is 11.6 Å². The molecule has 1 aromatic carbocycles. The first-order valence-electron chi connectivity index (χ1n) is 4.86. The van der Waals surface area contributed by atoms with Crippen LogP contribution in [0.4, 0.5) is 0 Å². The topological polar surface area (TPSA) is 134 Å². The van der Waals surface area contributed by atoms with Gasteiger partial charge < -0.3 is 10.8 Å². The first-order valence-corrected chi connectivity index (χ1v) is 5.89. The van der Waals surface area contributed by atoms with E-state index in [9.17, 15) is 13.2 Å². The van der Waals surface area contributed by atoms with Crippen molar-refractivity contribution in [3.8, 4) is 0 Å². The number of benzene rings is 1. The Kier molecular flexibility index (Phi) is 4.55.